The minimum Gasteiger partial charge on any atom is -0.465 e. The standard InChI is InChI=1S/C14H17F2NO3S/c1-3-17(9-12(18)20-4-2)13(19)10-7-5-6-8-11(10)21-14(15)16/h5-8,14H,3-4,9H2,1-2H3. The van der Waals surface area contributed by atoms with E-state index in [-0.39, 0.29) is 30.2 Å². The number of alkyl halides is 2. The van der Waals surface area contributed by atoms with Crippen LogP contribution in [0.15, 0.2) is 29.2 Å². The monoisotopic (exact) mass is 317 g/mol. The number of thioether (sulfide) groups is 1. The molecule has 1 rings (SSSR count). The van der Waals surface area contributed by atoms with Gasteiger partial charge < -0.3 is 9.64 Å². The van der Waals surface area contributed by atoms with Gasteiger partial charge in [0.05, 0.1) is 12.2 Å². The van der Waals surface area contributed by atoms with E-state index < -0.39 is 17.6 Å². The molecular weight excluding hydrogens is 300 g/mol. The van der Waals surface area contributed by atoms with Crippen LogP contribution in [0.3, 0.4) is 0 Å². The number of ether oxygens (including phenoxy) is 1. The van der Waals surface area contributed by atoms with E-state index in [9.17, 15) is 18.4 Å². The molecule has 0 bridgehead atoms. The third-order valence-corrected chi connectivity index (χ3v) is 3.42. The number of hydrogen-bond donors (Lipinski definition) is 0. The fourth-order valence-corrected chi connectivity index (χ4v) is 2.33. The van der Waals surface area contributed by atoms with Gasteiger partial charge in [0, 0.05) is 11.4 Å². The van der Waals surface area contributed by atoms with Crippen molar-refractivity contribution in [2.75, 3.05) is 19.7 Å². The minimum atomic E-state index is -2.61. The van der Waals surface area contributed by atoms with Gasteiger partial charge >= 0.3 is 5.97 Å². The first-order chi connectivity index (χ1) is 9.99. The Bertz CT molecular complexity index is 497. The van der Waals surface area contributed by atoms with Gasteiger partial charge in [0.25, 0.3) is 11.7 Å². The molecule has 0 saturated heterocycles. The first-order valence-electron chi connectivity index (χ1n) is 6.48. The van der Waals surface area contributed by atoms with Crippen LogP contribution in [-0.4, -0.2) is 42.2 Å². The van der Waals surface area contributed by atoms with Crippen molar-refractivity contribution in [3.63, 3.8) is 0 Å². The quantitative estimate of drug-likeness (QED) is 0.573. The zero-order chi connectivity index (χ0) is 15.8. The Balaban J connectivity index is 2.92. The first-order valence-corrected chi connectivity index (χ1v) is 7.36. The highest BCUT2D eigenvalue weighted by atomic mass is 32.2. The van der Waals surface area contributed by atoms with Crippen molar-refractivity contribution in [2.24, 2.45) is 0 Å². The van der Waals surface area contributed by atoms with E-state index in [2.05, 4.69) is 0 Å². The minimum absolute atomic E-state index is 0.161. The largest absolute Gasteiger partial charge is 0.465 e. The highest BCUT2D eigenvalue weighted by Crippen LogP contribution is 2.29. The molecule has 0 aliphatic heterocycles. The van der Waals surface area contributed by atoms with Crippen molar-refractivity contribution < 1.29 is 23.1 Å². The van der Waals surface area contributed by atoms with E-state index in [1.807, 2.05) is 0 Å². The molecule has 0 unspecified atom stereocenters. The van der Waals surface area contributed by atoms with Gasteiger partial charge in [-0.25, -0.2) is 0 Å². The zero-order valence-corrected chi connectivity index (χ0v) is 12.7. The molecule has 4 nitrogen and oxygen atoms in total. The number of carbonyl (C=O) groups excluding carboxylic acids is 2. The van der Waals surface area contributed by atoms with Crippen LogP contribution in [0, 0.1) is 0 Å². The van der Waals surface area contributed by atoms with Crippen molar-refractivity contribution in [2.45, 2.75) is 24.5 Å². The van der Waals surface area contributed by atoms with Gasteiger partial charge in [-0.05, 0) is 26.0 Å². The van der Waals surface area contributed by atoms with Crippen LogP contribution in [0.2, 0.25) is 0 Å². The highest BCUT2D eigenvalue weighted by molar-refractivity contribution is 7.99. The summed E-state index contributed by atoms with van der Waals surface area (Å²) >= 11 is 0.313. The maximum absolute atomic E-state index is 12.5. The lowest BCUT2D eigenvalue weighted by Gasteiger charge is -2.21. The Morgan fingerprint density at radius 2 is 1.95 bits per heavy atom. The van der Waals surface area contributed by atoms with E-state index in [1.165, 1.54) is 17.0 Å². The number of nitrogens with zero attached hydrogens (tertiary/aromatic N) is 1. The Hall–Kier alpha value is -1.63. The lowest BCUT2D eigenvalue weighted by atomic mass is 10.2. The van der Waals surface area contributed by atoms with E-state index in [0.29, 0.717) is 11.8 Å². The van der Waals surface area contributed by atoms with Crippen LogP contribution in [0.5, 0.6) is 0 Å². The van der Waals surface area contributed by atoms with Gasteiger partial charge in [-0.3, -0.25) is 9.59 Å². The molecule has 21 heavy (non-hydrogen) atoms. The van der Waals surface area contributed by atoms with Crippen molar-refractivity contribution in [1.82, 2.24) is 4.90 Å². The molecule has 0 N–H and O–H groups in total. The average molecular weight is 317 g/mol. The molecule has 0 aliphatic carbocycles. The first kappa shape index (κ1) is 17.4. The zero-order valence-electron chi connectivity index (χ0n) is 11.8. The number of hydrogen-bond acceptors (Lipinski definition) is 4. The molecule has 0 spiro atoms. The fraction of sp³-hybridized carbons (Fsp3) is 0.429. The summed E-state index contributed by atoms with van der Waals surface area (Å²) in [6.07, 6.45) is 0. The third-order valence-electron chi connectivity index (χ3n) is 2.63. The summed E-state index contributed by atoms with van der Waals surface area (Å²) in [7, 11) is 0. The number of esters is 1. The van der Waals surface area contributed by atoms with Crippen LogP contribution < -0.4 is 0 Å². The van der Waals surface area contributed by atoms with Crippen LogP contribution in [0.1, 0.15) is 24.2 Å². The number of benzene rings is 1. The summed E-state index contributed by atoms with van der Waals surface area (Å²) in [4.78, 5) is 25.3. The number of carbonyl (C=O) groups is 2. The number of halogens is 2. The summed E-state index contributed by atoms with van der Waals surface area (Å²) in [6, 6.07) is 6.12. The molecule has 7 heteroatoms. The summed E-state index contributed by atoms with van der Waals surface area (Å²) in [5.74, 6) is -3.60. The Labute approximate surface area is 126 Å². The Kier molecular flexibility index (Phi) is 7.14. The maximum atomic E-state index is 12.5. The normalized spacial score (nSPS) is 10.5. The topological polar surface area (TPSA) is 46.6 Å². The molecule has 116 valence electrons. The van der Waals surface area contributed by atoms with Crippen molar-refractivity contribution in [3.8, 4) is 0 Å². The molecule has 0 aromatic heterocycles. The summed E-state index contributed by atoms with van der Waals surface area (Å²) < 4.78 is 29.8. The molecule has 0 atom stereocenters. The van der Waals surface area contributed by atoms with E-state index >= 15 is 0 Å². The van der Waals surface area contributed by atoms with Crippen molar-refractivity contribution >= 4 is 23.6 Å². The van der Waals surface area contributed by atoms with Gasteiger partial charge in [0.1, 0.15) is 6.54 Å². The van der Waals surface area contributed by atoms with E-state index in [1.54, 1.807) is 26.0 Å². The van der Waals surface area contributed by atoms with Gasteiger partial charge in [-0.2, -0.15) is 8.78 Å². The number of amides is 1. The SMILES string of the molecule is CCOC(=O)CN(CC)C(=O)c1ccccc1SC(F)F. The van der Waals surface area contributed by atoms with Crippen molar-refractivity contribution in [3.05, 3.63) is 29.8 Å². The van der Waals surface area contributed by atoms with Crippen LogP contribution in [0.25, 0.3) is 0 Å². The molecule has 0 aliphatic rings. The lowest BCUT2D eigenvalue weighted by Crippen LogP contribution is -2.36. The van der Waals surface area contributed by atoms with Gasteiger partial charge in [0.15, 0.2) is 0 Å². The van der Waals surface area contributed by atoms with Gasteiger partial charge in [-0.1, -0.05) is 23.9 Å². The third kappa shape index (κ3) is 5.34. The average Bonchev–Trinajstić information content (AvgIpc) is 2.44. The predicted octanol–water partition coefficient (Wildman–Crippen LogP) is 3.03. The maximum Gasteiger partial charge on any atom is 0.325 e. The molecule has 0 fully saturated rings. The molecular formula is C14H17F2NO3S. The van der Waals surface area contributed by atoms with E-state index in [4.69, 9.17) is 4.74 Å². The van der Waals surface area contributed by atoms with Crippen molar-refractivity contribution in [1.29, 1.82) is 0 Å². The summed E-state index contributed by atoms with van der Waals surface area (Å²) in [5, 5.41) is 0. The molecule has 0 heterocycles. The van der Waals surface area contributed by atoms with E-state index in [0.717, 1.165) is 0 Å². The number of likely N-dealkylation sites (N-methyl/N-ethyl adjacent to an activating group) is 1. The van der Waals surface area contributed by atoms with Crippen LogP contribution in [-0.2, 0) is 9.53 Å². The lowest BCUT2D eigenvalue weighted by molar-refractivity contribution is -0.143. The second-order valence-electron chi connectivity index (χ2n) is 4.00. The Morgan fingerprint density at radius 3 is 2.52 bits per heavy atom. The fourth-order valence-electron chi connectivity index (χ4n) is 1.70. The van der Waals surface area contributed by atoms with Crippen LogP contribution in [0.4, 0.5) is 8.78 Å². The summed E-state index contributed by atoms with van der Waals surface area (Å²) in [6.45, 7) is 3.69. The molecule has 1 aromatic rings. The highest BCUT2D eigenvalue weighted by Gasteiger charge is 2.21. The second kappa shape index (κ2) is 8.61. The molecule has 0 saturated carbocycles. The predicted molar refractivity (Wildman–Crippen MR) is 76.5 cm³/mol. The smallest absolute Gasteiger partial charge is 0.325 e. The number of rotatable bonds is 7. The summed E-state index contributed by atoms with van der Waals surface area (Å²) in [5.41, 5.74) is 0.161. The van der Waals surface area contributed by atoms with Gasteiger partial charge in [0.2, 0.25) is 0 Å². The van der Waals surface area contributed by atoms with Crippen LogP contribution >= 0.6 is 11.8 Å². The second-order valence-corrected chi connectivity index (χ2v) is 5.03. The molecule has 1 amide bonds. The molecule has 0 radical (unpaired) electrons. The Morgan fingerprint density at radius 1 is 1.29 bits per heavy atom. The van der Waals surface area contributed by atoms with Gasteiger partial charge in [-0.15, -0.1) is 0 Å². The molecule has 1 aromatic carbocycles.